The van der Waals surface area contributed by atoms with Gasteiger partial charge in [-0.3, -0.25) is 4.90 Å². The van der Waals surface area contributed by atoms with Gasteiger partial charge in [-0.2, -0.15) is 0 Å². The number of nitrogens with zero attached hydrogens (tertiary/aromatic N) is 1. The van der Waals surface area contributed by atoms with Crippen LogP contribution in [0.4, 0.5) is 0 Å². The predicted octanol–water partition coefficient (Wildman–Crippen LogP) is 5.60. The van der Waals surface area contributed by atoms with Crippen molar-refractivity contribution in [3.05, 3.63) is 0 Å². The van der Waals surface area contributed by atoms with Crippen molar-refractivity contribution in [2.24, 2.45) is 23.5 Å². The summed E-state index contributed by atoms with van der Waals surface area (Å²) in [4.78, 5) is 2.93. The van der Waals surface area contributed by atoms with E-state index in [1.807, 2.05) is 0 Å². The number of piperidine rings is 1. The van der Waals surface area contributed by atoms with Gasteiger partial charge in [0.2, 0.25) is 0 Å². The summed E-state index contributed by atoms with van der Waals surface area (Å²) in [5.74, 6) is 2.70. The lowest BCUT2D eigenvalue weighted by Gasteiger charge is -2.57. The summed E-state index contributed by atoms with van der Waals surface area (Å²) in [5.41, 5.74) is 6.23. The zero-order valence-corrected chi connectivity index (χ0v) is 17.0. The first-order valence-corrected chi connectivity index (χ1v) is 11.0. The molecule has 1 heterocycles. The molecule has 0 aromatic rings. The third-order valence-electron chi connectivity index (χ3n) is 7.03. The maximum absolute atomic E-state index is 5.84. The lowest BCUT2D eigenvalue weighted by Crippen LogP contribution is -2.60. The molecule has 4 unspecified atom stereocenters. The van der Waals surface area contributed by atoms with Crippen molar-refractivity contribution in [2.45, 2.75) is 110 Å². The smallest absolute Gasteiger partial charge is 0.0158 e. The topological polar surface area (TPSA) is 29.3 Å². The van der Waals surface area contributed by atoms with Gasteiger partial charge in [-0.25, -0.2) is 0 Å². The molecule has 1 aliphatic heterocycles. The largest absolute Gasteiger partial charge is 0.330 e. The highest BCUT2D eigenvalue weighted by atomic mass is 15.2. The van der Waals surface area contributed by atoms with Crippen LogP contribution in [-0.4, -0.2) is 29.6 Å². The molecule has 2 rings (SSSR count). The van der Waals surface area contributed by atoms with Gasteiger partial charge in [0.15, 0.2) is 0 Å². The number of fused-ring (bicyclic) bond motifs is 1. The summed E-state index contributed by atoms with van der Waals surface area (Å²) in [5, 5.41) is 0. The number of rotatable bonds is 9. The maximum Gasteiger partial charge on any atom is 0.0158 e. The van der Waals surface area contributed by atoms with Crippen molar-refractivity contribution in [1.82, 2.24) is 4.90 Å². The summed E-state index contributed by atoms with van der Waals surface area (Å²) < 4.78 is 0. The molecule has 0 amide bonds. The average molecular weight is 337 g/mol. The standard InChI is InChI=1S/C22H44N2/c1-5-6-7-8-9-10-15-24-21-12-11-19(13-14-23)16-20(21)18(2)17-22(24,3)4/h18-21H,5-17,23H2,1-4H3. The van der Waals surface area contributed by atoms with Crippen LogP contribution in [0.5, 0.6) is 0 Å². The lowest BCUT2D eigenvalue weighted by molar-refractivity contribution is -0.0688. The third kappa shape index (κ3) is 5.21. The lowest BCUT2D eigenvalue weighted by atomic mass is 9.64. The molecule has 0 bridgehead atoms. The van der Waals surface area contributed by atoms with E-state index < -0.39 is 0 Å². The summed E-state index contributed by atoms with van der Waals surface area (Å²) in [6, 6.07) is 0.841. The second-order valence-electron chi connectivity index (χ2n) is 9.44. The molecule has 0 aromatic heterocycles. The van der Waals surface area contributed by atoms with Crippen LogP contribution in [0.3, 0.4) is 0 Å². The highest BCUT2D eigenvalue weighted by Crippen LogP contribution is 2.47. The second-order valence-corrected chi connectivity index (χ2v) is 9.44. The third-order valence-corrected chi connectivity index (χ3v) is 7.03. The van der Waals surface area contributed by atoms with Crippen LogP contribution in [0.15, 0.2) is 0 Å². The normalized spacial score (nSPS) is 33.4. The molecule has 1 saturated carbocycles. The highest BCUT2D eigenvalue weighted by molar-refractivity contribution is 5.00. The van der Waals surface area contributed by atoms with Crippen LogP contribution >= 0.6 is 0 Å². The second kappa shape index (κ2) is 9.57. The molecular formula is C22H44N2. The van der Waals surface area contributed by atoms with Gasteiger partial charge in [0, 0.05) is 11.6 Å². The summed E-state index contributed by atoms with van der Waals surface area (Å²) in [6.07, 6.45) is 15.3. The molecule has 2 N–H and O–H groups in total. The number of likely N-dealkylation sites (tertiary alicyclic amines) is 1. The van der Waals surface area contributed by atoms with Crippen LogP contribution < -0.4 is 5.73 Å². The number of nitrogens with two attached hydrogens (primary N) is 1. The zero-order valence-electron chi connectivity index (χ0n) is 17.0. The Morgan fingerprint density at radius 2 is 1.75 bits per heavy atom. The summed E-state index contributed by atoms with van der Waals surface area (Å²) in [7, 11) is 0. The predicted molar refractivity (Wildman–Crippen MR) is 106 cm³/mol. The molecule has 2 fully saturated rings. The van der Waals surface area contributed by atoms with Crippen LogP contribution in [0.2, 0.25) is 0 Å². The van der Waals surface area contributed by atoms with Crippen LogP contribution in [-0.2, 0) is 0 Å². The van der Waals surface area contributed by atoms with Gasteiger partial charge in [0.05, 0.1) is 0 Å². The summed E-state index contributed by atoms with van der Waals surface area (Å²) in [6.45, 7) is 12.0. The molecule has 2 aliphatic rings. The van der Waals surface area contributed by atoms with E-state index in [4.69, 9.17) is 5.73 Å². The number of hydrogen-bond donors (Lipinski definition) is 1. The molecule has 0 aromatic carbocycles. The molecule has 24 heavy (non-hydrogen) atoms. The van der Waals surface area contributed by atoms with Gasteiger partial charge < -0.3 is 5.73 Å². The van der Waals surface area contributed by atoms with Gasteiger partial charge in [-0.1, -0.05) is 46.0 Å². The van der Waals surface area contributed by atoms with E-state index in [1.165, 1.54) is 77.2 Å². The molecule has 1 saturated heterocycles. The number of unbranched alkanes of at least 4 members (excludes halogenated alkanes) is 5. The Morgan fingerprint density at radius 1 is 1.04 bits per heavy atom. The number of hydrogen-bond acceptors (Lipinski definition) is 2. The van der Waals surface area contributed by atoms with Crippen LogP contribution in [0.1, 0.15) is 98.3 Å². The fourth-order valence-electron chi connectivity index (χ4n) is 5.81. The van der Waals surface area contributed by atoms with E-state index in [9.17, 15) is 0 Å². The van der Waals surface area contributed by atoms with E-state index in [0.717, 1.165) is 30.3 Å². The van der Waals surface area contributed by atoms with Gasteiger partial charge in [-0.05, 0) is 83.2 Å². The Hall–Kier alpha value is -0.0800. The first kappa shape index (κ1) is 20.2. The van der Waals surface area contributed by atoms with Crippen molar-refractivity contribution >= 4 is 0 Å². The van der Waals surface area contributed by atoms with E-state index >= 15 is 0 Å². The molecule has 2 heteroatoms. The van der Waals surface area contributed by atoms with Gasteiger partial charge in [0.1, 0.15) is 0 Å². The molecule has 142 valence electrons. The Morgan fingerprint density at radius 3 is 2.46 bits per heavy atom. The maximum atomic E-state index is 5.84. The van der Waals surface area contributed by atoms with E-state index in [-0.39, 0.29) is 0 Å². The van der Waals surface area contributed by atoms with E-state index in [2.05, 4.69) is 32.6 Å². The average Bonchev–Trinajstić information content (AvgIpc) is 2.53. The quantitative estimate of drug-likeness (QED) is 0.555. The first-order valence-electron chi connectivity index (χ1n) is 11.0. The monoisotopic (exact) mass is 336 g/mol. The fraction of sp³-hybridized carbons (Fsp3) is 1.00. The molecule has 0 spiro atoms. The van der Waals surface area contributed by atoms with Crippen LogP contribution in [0, 0.1) is 17.8 Å². The Bertz CT molecular complexity index is 352. The Labute approximate surface area is 151 Å². The fourth-order valence-corrected chi connectivity index (χ4v) is 5.81. The first-order chi connectivity index (χ1) is 11.5. The van der Waals surface area contributed by atoms with Gasteiger partial charge in [0.25, 0.3) is 0 Å². The van der Waals surface area contributed by atoms with Crippen LogP contribution in [0.25, 0.3) is 0 Å². The SMILES string of the molecule is CCCCCCCCN1C2CCC(CCN)CC2C(C)CC1(C)C. The van der Waals surface area contributed by atoms with Crippen molar-refractivity contribution < 1.29 is 0 Å². The van der Waals surface area contributed by atoms with Crippen molar-refractivity contribution in [2.75, 3.05) is 13.1 Å². The molecule has 2 nitrogen and oxygen atoms in total. The molecule has 4 atom stereocenters. The van der Waals surface area contributed by atoms with Gasteiger partial charge in [-0.15, -0.1) is 0 Å². The molecule has 1 aliphatic carbocycles. The Balaban J connectivity index is 1.90. The summed E-state index contributed by atoms with van der Waals surface area (Å²) >= 11 is 0. The minimum Gasteiger partial charge on any atom is -0.330 e. The van der Waals surface area contributed by atoms with Crippen molar-refractivity contribution in [3.63, 3.8) is 0 Å². The molecular weight excluding hydrogens is 292 g/mol. The van der Waals surface area contributed by atoms with E-state index in [0.29, 0.717) is 5.54 Å². The highest BCUT2D eigenvalue weighted by Gasteiger charge is 2.46. The van der Waals surface area contributed by atoms with Gasteiger partial charge >= 0.3 is 0 Å². The van der Waals surface area contributed by atoms with E-state index in [1.54, 1.807) is 0 Å². The van der Waals surface area contributed by atoms with Crippen molar-refractivity contribution in [1.29, 1.82) is 0 Å². The minimum absolute atomic E-state index is 0.394. The van der Waals surface area contributed by atoms with Crippen molar-refractivity contribution in [3.8, 4) is 0 Å². The molecule has 0 radical (unpaired) electrons. The Kier molecular flexibility index (Phi) is 8.07. The minimum atomic E-state index is 0.394. The zero-order chi connectivity index (χ0) is 17.6.